The van der Waals surface area contributed by atoms with Crippen LogP contribution in [0.5, 0.6) is 5.88 Å². The first-order valence-electron chi connectivity index (χ1n) is 2.80. The van der Waals surface area contributed by atoms with Gasteiger partial charge in [0.25, 0.3) is 0 Å². The Balaban J connectivity index is 2.81. The monoisotopic (exact) mass is 154 g/mol. The van der Waals surface area contributed by atoms with E-state index in [9.17, 15) is 4.79 Å². The zero-order valence-corrected chi connectivity index (χ0v) is 5.60. The molecule has 0 aliphatic carbocycles. The summed E-state index contributed by atoms with van der Waals surface area (Å²) in [6.07, 6.45) is 1.30. The Labute approximate surface area is 62.5 Å². The van der Waals surface area contributed by atoms with E-state index in [-0.39, 0.29) is 5.88 Å². The normalized spacial score (nSPS) is 9.09. The molecule has 0 aliphatic heterocycles. The fourth-order valence-corrected chi connectivity index (χ4v) is 0.562. The van der Waals surface area contributed by atoms with Gasteiger partial charge < -0.3 is 9.84 Å². The number of hydrogen-bond acceptors (Lipinski definition) is 3. The van der Waals surface area contributed by atoms with Crippen molar-refractivity contribution in [1.29, 1.82) is 0 Å². The lowest BCUT2D eigenvalue weighted by molar-refractivity contribution is 0.192. The van der Waals surface area contributed by atoms with Crippen LogP contribution in [0.25, 0.3) is 0 Å². The fraction of sp³-hybridized carbons (Fsp3) is 0. The van der Waals surface area contributed by atoms with Gasteiger partial charge in [0.1, 0.15) is 0 Å². The lowest BCUT2D eigenvalue weighted by Gasteiger charge is -1.90. The minimum atomic E-state index is -1.15. The molecule has 0 amide bonds. The summed E-state index contributed by atoms with van der Waals surface area (Å²) in [4.78, 5) is 10.2. The van der Waals surface area contributed by atoms with Gasteiger partial charge >= 0.3 is 6.09 Å². The minimum Gasteiger partial charge on any atom is -0.463 e. The largest absolute Gasteiger partial charge is 0.463 e. The summed E-state index contributed by atoms with van der Waals surface area (Å²) in [6, 6.07) is 1.43. The summed E-state index contributed by atoms with van der Waals surface area (Å²) in [5, 5.41) is 11.9. The van der Waals surface area contributed by atoms with E-state index in [2.05, 4.69) is 11.7 Å². The maximum absolute atomic E-state index is 10.2. The van der Waals surface area contributed by atoms with Crippen molar-refractivity contribution in [3.05, 3.63) is 25.1 Å². The summed E-state index contributed by atoms with van der Waals surface area (Å²) in [7, 11) is 0. The third-order valence-corrected chi connectivity index (χ3v) is 0.965. The molecule has 5 heteroatoms. The predicted octanol–water partition coefficient (Wildman–Crippen LogP) is 0.931. The number of hydrogen-bond donors (Lipinski definition) is 1. The first-order valence-corrected chi connectivity index (χ1v) is 2.80. The number of carbonyl (C=O) groups is 1. The molecule has 0 spiro atoms. The van der Waals surface area contributed by atoms with Crippen LogP contribution < -0.4 is 4.74 Å². The quantitative estimate of drug-likeness (QED) is 0.643. The molecule has 0 saturated carbocycles. The van der Waals surface area contributed by atoms with Gasteiger partial charge in [0, 0.05) is 12.3 Å². The van der Waals surface area contributed by atoms with Crippen molar-refractivity contribution in [1.82, 2.24) is 9.78 Å². The van der Waals surface area contributed by atoms with Crippen LogP contribution in [0, 0.1) is 0 Å². The third-order valence-electron chi connectivity index (χ3n) is 0.965. The van der Waals surface area contributed by atoms with E-state index in [0.29, 0.717) is 0 Å². The average Bonchev–Trinajstić information content (AvgIpc) is 2.37. The van der Waals surface area contributed by atoms with Crippen LogP contribution in [0.1, 0.15) is 0 Å². The highest BCUT2D eigenvalue weighted by Crippen LogP contribution is 2.04. The molecule has 1 N–H and O–H groups in total. The maximum Gasteiger partial charge on any atom is 0.432 e. The van der Waals surface area contributed by atoms with E-state index in [0.717, 1.165) is 4.68 Å². The molecule has 0 unspecified atom stereocenters. The van der Waals surface area contributed by atoms with E-state index in [1.54, 1.807) is 0 Å². The van der Waals surface area contributed by atoms with Crippen molar-refractivity contribution in [2.45, 2.75) is 0 Å². The molecule has 0 bridgehead atoms. The predicted molar refractivity (Wildman–Crippen MR) is 36.5 cm³/mol. The second-order valence-electron chi connectivity index (χ2n) is 1.67. The molecule has 58 valence electrons. The minimum absolute atomic E-state index is 0.211. The second-order valence-corrected chi connectivity index (χ2v) is 1.67. The molecule has 1 rings (SSSR count). The van der Waals surface area contributed by atoms with Gasteiger partial charge in [0.2, 0.25) is 5.88 Å². The van der Waals surface area contributed by atoms with E-state index in [4.69, 9.17) is 9.84 Å². The van der Waals surface area contributed by atoms with Gasteiger partial charge in [-0.25, -0.2) is 4.79 Å². The van der Waals surface area contributed by atoms with Gasteiger partial charge in [-0.2, -0.15) is 4.68 Å². The molecule has 0 radical (unpaired) electrons. The van der Waals surface area contributed by atoms with Crippen molar-refractivity contribution in [3.63, 3.8) is 0 Å². The third kappa shape index (κ3) is 1.57. The van der Waals surface area contributed by atoms with Crippen LogP contribution in [-0.4, -0.2) is 21.0 Å². The summed E-state index contributed by atoms with van der Waals surface area (Å²) in [5.74, 6) is 0.211. The average molecular weight is 154 g/mol. The van der Waals surface area contributed by atoms with Gasteiger partial charge in [0.15, 0.2) is 0 Å². The summed E-state index contributed by atoms with van der Waals surface area (Å²) in [5.41, 5.74) is 0. The Morgan fingerprint density at radius 3 is 3.09 bits per heavy atom. The van der Waals surface area contributed by atoms with Gasteiger partial charge in [-0.1, -0.05) is 6.58 Å². The highest BCUT2D eigenvalue weighted by molar-refractivity contribution is 5.66. The summed E-state index contributed by atoms with van der Waals surface area (Å²) < 4.78 is 5.45. The first kappa shape index (κ1) is 7.33. The number of rotatable bonds is 2. The Bertz CT molecular complexity index is 279. The molecule has 0 saturated heterocycles. The molecule has 1 aromatic heterocycles. The van der Waals surface area contributed by atoms with Crippen molar-refractivity contribution >= 4 is 6.09 Å². The van der Waals surface area contributed by atoms with Crippen LogP contribution in [0.4, 0.5) is 4.79 Å². The smallest absolute Gasteiger partial charge is 0.432 e. The molecule has 11 heavy (non-hydrogen) atoms. The van der Waals surface area contributed by atoms with E-state index in [1.165, 1.54) is 18.5 Å². The number of carboxylic acid groups (broad SMARTS) is 1. The highest BCUT2D eigenvalue weighted by Gasteiger charge is 2.02. The van der Waals surface area contributed by atoms with E-state index in [1.807, 2.05) is 0 Å². The SMILES string of the molecule is C=COc1ccn(C(=O)O)n1. The number of ether oxygens (including phenoxy) is 1. The van der Waals surface area contributed by atoms with Crippen molar-refractivity contribution in [2.24, 2.45) is 0 Å². The van der Waals surface area contributed by atoms with Gasteiger partial charge in [-0.05, 0) is 0 Å². The van der Waals surface area contributed by atoms with Gasteiger partial charge in [-0.3, -0.25) is 0 Å². The maximum atomic E-state index is 10.2. The standard InChI is InChI=1S/C6H6N2O3/c1-2-11-5-3-4-8(7-5)6(9)10/h2-4H,1H2,(H,9,10). The number of nitrogens with zero attached hydrogens (tertiary/aromatic N) is 2. The Kier molecular flexibility index (Phi) is 1.91. The zero-order chi connectivity index (χ0) is 8.27. The van der Waals surface area contributed by atoms with Crippen LogP contribution in [0.3, 0.4) is 0 Å². The molecule has 0 aromatic carbocycles. The lowest BCUT2D eigenvalue weighted by Crippen LogP contribution is -2.07. The molecule has 0 atom stereocenters. The molecule has 0 fully saturated rings. The Morgan fingerprint density at radius 2 is 2.64 bits per heavy atom. The zero-order valence-electron chi connectivity index (χ0n) is 5.60. The van der Waals surface area contributed by atoms with Crippen LogP contribution in [0.2, 0.25) is 0 Å². The summed E-state index contributed by atoms with van der Waals surface area (Å²) >= 11 is 0. The highest BCUT2D eigenvalue weighted by atomic mass is 16.5. The summed E-state index contributed by atoms with van der Waals surface area (Å²) in [6.45, 7) is 3.29. The van der Waals surface area contributed by atoms with Crippen LogP contribution in [0.15, 0.2) is 25.1 Å². The molecular formula is C6H6N2O3. The van der Waals surface area contributed by atoms with Crippen molar-refractivity contribution in [3.8, 4) is 5.88 Å². The lowest BCUT2D eigenvalue weighted by atomic mass is 10.7. The van der Waals surface area contributed by atoms with Crippen molar-refractivity contribution < 1.29 is 14.6 Å². The molecule has 1 heterocycles. The van der Waals surface area contributed by atoms with Gasteiger partial charge in [0.05, 0.1) is 6.26 Å². The first-order chi connectivity index (χ1) is 5.24. The van der Waals surface area contributed by atoms with Crippen molar-refractivity contribution in [2.75, 3.05) is 0 Å². The second kappa shape index (κ2) is 2.87. The fourth-order valence-electron chi connectivity index (χ4n) is 0.562. The Morgan fingerprint density at radius 1 is 1.91 bits per heavy atom. The molecule has 5 nitrogen and oxygen atoms in total. The number of aromatic nitrogens is 2. The molecule has 1 aromatic rings. The van der Waals surface area contributed by atoms with Crippen LogP contribution >= 0.6 is 0 Å². The van der Waals surface area contributed by atoms with Gasteiger partial charge in [-0.15, -0.1) is 5.10 Å². The van der Waals surface area contributed by atoms with E-state index < -0.39 is 6.09 Å². The Hall–Kier alpha value is -1.78. The molecule has 0 aliphatic rings. The topological polar surface area (TPSA) is 64.3 Å². The van der Waals surface area contributed by atoms with Crippen LogP contribution in [-0.2, 0) is 0 Å². The van der Waals surface area contributed by atoms with E-state index >= 15 is 0 Å². The molecular weight excluding hydrogens is 148 g/mol.